The predicted molar refractivity (Wildman–Crippen MR) is 209 cm³/mol. The molecule has 5 amide bonds. The van der Waals surface area contributed by atoms with Gasteiger partial charge in [-0.05, 0) is 55.3 Å². The van der Waals surface area contributed by atoms with Crippen LogP contribution in [0.4, 0.5) is 0 Å². The molecule has 5 atom stereocenters. The topological polar surface area (TPSA) is 222 Å². The van der Waals surface area contributed by atoms with Crippen molar-refractivity contribution in [2.24, 2.45) is 28.3 Å². The largest absolute Gasteiger partial charge is 0.370 e. The van der Waals surface area contributed by atoms with E-state index in [1.807, 2.05) is 56.1 Å². The maximum atomic E-state index is 14.1. The number of nitrogens with zero attached hydrogens (tertiary/aromatic N) is 2. The van der Waals surface area contributed by atoms with Crippen LogP contribution in [0.15, 0.2) is 65.8 Å². The van der Waals surface area contributed by atoms with Crippen molar-refractivity contribution in [1.82, 2.24) is 25.8 Å². The van der Waals surface area contributed by atoms with Gasteiger partial charge in [0.1, 0.15) is 18.1 Å². The third-order valence-electron chi connectivity index (χ3n) is 9.03. The molecule has 54 heavy (non-hydrogen) atoms. The van der Waals surface area contributed by atoms with Crippen molar-refractivity contribution in [1.29, 1.82) is 0 Å². The Balaban J connectivity index is 1.94. The smallest absolute Gasteiger partial charge is 0.268 e. The number of primary amides is 1. The molecule has 0 aliphatic carbocycles. The molecule has 0 bridgehead atoms. The Hall–Kier alpha value is -5.21. The number of nitrogens with two attached hydrogens (primary N) is 2. The molecule has 1 aromatic heterocycles. The summed E-state index contributed by atoms with van der Waals surface area (Å²) in [6.07, 6.45) is 3.92. The van der Waals surface area contributed by atoms with Gasteiger partial charge >= 0.3 is 0 Å². The Morgan fingerprint density at radius 3 is 2.07 bits per heavy atom. The summed E-state index contributed by atoms with van der Waals surface area (Å²) >= 11 is 0. The summed E-state index contributed by atoms with van der Waals surface area (Å²) in [5.74, 6) is -2.74. The molecule has 0 fully saturated rings. The van der Waals surface area contributed by atoms with Crippen LogP contribution in [0.3, 0.4) is 0 Å². The lowest BCUT2D eigenvalue weighted by Crippen LogP contribution is -2.58. The van der Waals surface area contributed by atoms with Crippen LogP contribution < -0.4 is 27.4 Å². The highest BCUT2D eigenvalue weighted by Crippen LogP contribution is 2.20. The molecular weight excluding hydrogens is 688 g/mol. The van der Waals surface area contributed by atoms with E-state index in [1.54, 1.807) is 30.5 Å². The van der Waals surface area contributed by atoms with Crippen LogP contribution in [0.2, 0.25) is 0 Å². The van der Waals surface area contributed by atoms with E-state index >= 15 is 0 Å². The van der Waals surface area contributed by atoms with Crippen LogP contribution in [-0.4, -0.2) is 95.7 Å². The molecule has 3 rings (SSSR count). The number of fused-ring (bicyclic) bond motifs is 1. The number of para-hydroxylation sites is 1. The highest BCUT2D eigenvalue weighted by Gasteiger charge is 2.33. The second-order valence-corrected chi connectivity index (χ2v) is 14.7. The molecule has 14 nitrogen and oxygen atoms in total. The maximum Gasteiger partial charge on any atom is 0.268 e. The Morgan fingerprint density at radius 2 is 1.43 bits per heavy atom. The number of benzene rings is 2. The molecule has 0 saturated carbocycles. The minimum Gasteiger partial charge on any atom is -0.370 e. The lowest BCUT2D eigenvalue weighted by Gasteiger charge is -2.32. The van der Waals surface area contributed by atoms with Crippen LogP contribution in [0.5, 0.6) is 0 Å². The molecule has 0 saturated heterocycles. The predicted octanol–water partition coefficient (Wildman–Crippen LogP) is 2.19. The molecule has 0 aliphatic heterocycles. The Bertz CT molecular complexity index is 1740. The highest BCUT2D eigenvalue weighted by atomic mass is 16.2. The number of likely N-dealkylation sites (N-methyl/N-ethyl adjacent to an activating group) is 1. The molecule has 292 valence electrons. The molecule has 0 aliphatic rings. The molecule has 3 aromatic rings. The molecule has 0 radical (unpaired) electrons. The Kier molecular flexibility index (Phi) is 17.2. The zero-order valence-electron chi connectivity index (χ0n) is 31.9. The fourth-order valence-electron chi connectivity index (χ4n) is 6.45. The van der Waals surface area contributed by atoms with Crippen molar-refractivity contribution >= 4 is 52.9 Å². The van der Waals surface area contributed by atoms with E-state index in [9.17, 15) is 28.8 Å². The molecule has 14 heteroatoms. The maximum absolute atomic E-state index is 14.1. The second-order valence-electron chi connectivity index (χ2n) is 14.7. The van der Waals surface area contributed by atoms with E-state index in [0.29, 0.717) is 30.7 Å². The van der Waals surface area contributed by atoms with Gasteiger partial charge in [-0.1, -0.05) is 76.2 Å². The van der Waals surface area contributed by atoms with Crippen molar-refractivity contribution in [3.63, 3.8) is 0 Å². The summed E-state index contributed by atoms with van der Waals surface area (Å²) in [5, 5.41) is 9.18. The van der Waals surface area contributed by atoms with Gasteiger partial charge in [0, 0.05) is 48.9 Å². The van der Waals surface area contributed by atoms with E-state index in [-0.39, 0.29) is 37.6 Å². The fraction of sp³-hybridized carbons (Fsp3) is 0.475. The minimum atomic E-state index is -1.24. The first kappa shape index (κ1) is 43.2. The first-order valence-corrected chi connectivity index (χ1v) is 18.4. The summed E-state index contributed by atoms with van der Waals surface area (Å²) in [6.45, 7) is 8.60. The quantitative estimate of drug-likeness (QED) is 0.0660. The molecule has 8 N–H and O–H groups in total. The molecular formula is C40H56N8O6. The molecule has 0 spiro atoms. The fourth-order valence-corrected chi connectivity index (χ4v) is 6.45. The van der Waals surface area contributed by atoms with Crippen molar-refractivity contribution in [2.75, 3.05) is 13.6 Å². The van der Waals surface area contributed by atoms with Crippen LogP contribution in [0.25, 0.3) is 10.9 Å². The van der Waals surface area contributed by atoms with Gasteiger partial charge in [0.25, 0.3) is 5.91 Å². The third kappa shape index (κ3) is 14.0. The number of hydrogen-bond donors (Lipinski definition) is 6. The first-order chi connectivity index (χ1) is 25.7. The summed E-state index contributed by atoms with van der Waals surface area (Å²) < 4.78 is 0. The van der Waals surface area contributed by atoms with E-state index in [2.05, 4.69) is 39.8 Å². The molecule has 0 unspecified atom stereocenters. The summed E-state index contributed by atoms with van der Waals surface area (Å²) in [5.41, 5.74) is 14.1. The number of aromatic amines is 1. The van der Waals surface area contributed by atoms with Crippen LogP contribution >= 0.6 is 0 Å². The number of nitrogens with one attached hydrogen (secondary N) is 4. The SMILES string of the molecule is CC(C)C[C@@H](N)CN(C)[C@@H](CC(C)C)C(=O)N[C@@H](CCC(N)=O)C(=O)N[C@@H](Cc1c[nH]c2ccccc12)C(=O)N[C@@H](Cc1ccccc1)C(=O)N=CC=O. The van der Waals surface area contributed by atoms with E-state index < -0.39 is 53.7 Å². The number of amides is 5. The van der Waals surface area contributed by atoms with Crippen molar-refractivity contribution in [3.05, 3.63) is 71.9 Å². The number of carbonyl (C=O) groups excluding carboxylic acids is 6. The third-order valence-corrected chi connectivity index (χ3v) is 9.03. The van der Waals surface area contributed by atoms with E-state index in [1.165, 1.54) is 0 Å². The number of carbonyl (C=O) groups is 6. The van der Waals surface area contributed by atoms with Crippen molar-refractivity contribution in [3.8, 4) is 0 Å². The van der Waals surface area contributed by atoms with Crippen LogP contribution in [-0.2, 0) is 41.6 Å². The van der Waals surface area contributed by atoms with Gasteiger partial charge in [0.15, 0.2) is 6.29 Å². The monoisotopic (exact) mass is 744 g/mol. The lowest BCUT2D eigenvalue weighted by atomic mass is 9.98. The van der Waals surface area contributed by atoms with E-state index in [0.717, 1.165) is 29.1 Å². The highest BCUT2D eigenvalue weighted by molar-refractivity contribution is 6.16. The molecule has 1 heterocycles. The summed E-state index contributed by atoms with van der Waals surface area (Å²) in [7, 11) is 1.82. The second kappa shape index (κ2) is 21.5. The lowest BCUT2D eigenvalue weighted by molar-refractivity contribution is -0.135. The average Bonchev–Trinajstić information content (AvgIpc) is 3.52. The van der Waals surface area contributed by atoms with Crippen LogP contribution in [0, 0.1) is 11.8 Å². The van der Waals surface area contributed by atoms with Crippen molar-refractivity contribution < 1.29 is 28.8 Å². The molecule has 2 aromatic carbocycles. The number of aliphatic imine (C=N–C) groups is 1. The van der Waals surface area contributed by atoms with Gasteiger partial charge < -0.3 is 32.4 Å². The Labute approximate surface area is 317 Å². The normalized spacial score (nSPS) is 14.5. The first-order valence-electron chi connectivity index (χ1n) is 18.4. The van der Waals surface area contributed by atoms with Gasteiger partial charge in [0.05, 0.1) is 12.3 Å². The summed E-state index contributed by atoms with van der Waals surface area (Å²) in [4.78, 5) is 86.9. The Morgan fingerprint density at radius 1 is 0.815 bits per heavy atom. The van der Waals surface area contributed by atoms with Gasteiger partial charge in [-0.25, -0.2) is 4.99 Å². The van der Waals surface area contributed by atoms with Crippen molar-refractivity contribution in [2.45, 2.75) is 96.4 Å². The van der Waals surface area contributed by atoms with Gasteiger partial charge in [0.2, 0.25) is 23.6 Å². The average molecular weight is 745 g/mol. The van der Waals surface area contributed by atoms with Gasteiger partial charge in [-0.2, -0.15) is 0 Å². The number of aldehydes is 1. The van der Waals surface area contributed by atoms with E-state index in [4.69, 9.17) is 11.5 Å². The number of hydrogen-bond acceptors (Lipinski definition) is 8. The van der Waals surface area contributed by atoms with Gasteiger partial charge in [-0.15, -0.1) is 0 Å². The number of rotatable bonds is 22. The zero-order chi connectivity index (χ0) is 39.8. The van der Waals surface area contributed by atoms with Gasteiger partial charge in [-0.3, -0.25) is 33.7 Å². The summed E-state index contributed by atoms with van der Waals surface area (Å²) in [6, 6.07) is 12.0. The standard InChI is InChI=1S/C40H56N8O6/c1-25(2)19-29(41)24-48(5)35(20-26(3)4)40(54)45-32(15-16-36(42)50)38(52)47-34(22-28-23-44-31-14-10-9-13-30(28)31)39(53)46-33(37(51)43-17-18-49)21-27-11-7-6-8-12-27/h6-14,17-18,23,25-26,29,32-35,44H,15-16,19-22,24,41H2,1-5H3,(H2,42,50)(H,45,54)(H,46,53)(H,47,52)/t29-,32+,33+,34+,35+/m1/s1. The van der Waals surface area contributed by atoms with Crippen LogP contribution in [0.1, 0.15) is 64.5 Å². The minimum absolute atomic E-state index is 0.00831. The number of aromatic nitrogens is 1. The number of H-pyrrole nitrogens is 1. The zero-order valence-corrected chi connectivity index (χ0v) is 31.9.